The number of rotatable bonds is 9. The van der Waals surface area contributed by atoms with E-state index in [1.54, 1.807) is 31.4 Å². The highest BCUT2D eigenvalue weighted by molar-refractivity contribution is 7.13. The third-order valence-electron chi connectivity index (χ3n) is 4.04. The molecule has 30 heavy (non-hydrogen) atoms. The molecule has 9 heteroatoms. The molecule has 0 saturated heterocycles. The number of nitrogens with one attached hydrogen (secondary N) is 2. The quantitative estimate of drug-likeness (QED) is 0.545. The average Bonchev–Trinajstić information content (AvgIpc) is 3.22. The fourth-order valence-corrected chi connectivity index (χ4v) is 3.24. The number of amides is 2. The van der Waals surface area contributed by atoms with E-state index in [-0.39, 0.29) is 30.0 Å². The van der Waals surface area contributed by atoms with E-state index in [1.165, 1.54) is 0 Å². The van der Waals surface area contributed by atoms with Crippen LogP contribution in [-0.2, 0) is 22.7 Å². The van der Waals surface area contributed by atoms with Gasteiger partial charge in [0.2, 0.25) is 10.9 Å². The number of ether oxygens (including phenoxy) is 2. The van der Waals surface area contributed by atoms with Gasteiger partial charge < -0.3 is 20.1 Å². The van der Waals surface area contributed by atoms with Gasteiger partial charge in [0.15, 0.2) is 0 Å². The second kappa shape index (κ2) is 10.5. The lowest BCUT2D eigenvalue weighted by molar-refractivity contribution is -0.126. The van der Waals surface area contributed by atoms with E-state index in [0.717, 1.165) is 22.5 Å². The van der Waals surface area contributed by atoms with Crippen molar-refractivity contribution in [2.75, 3.05) is 19.0 Å². The van der Waals surface area contributed by atoms with Gasteiger partial charge in [-0.25, -0.2) is 0 Å². The number of hydrogen-bond acceptors (Lipinski definition) is 7. The van der Waals surface area contributed by atoms with Crippen LogP contribution in [0.1, 0.15) is 25.9 Å². The van der Waals surface area contributed by atoms with Crippen molar-refractivity contribution < 1.29 is 19.1 Å². The minimum Gasteiger partial charge on any atom is -0.497 e. The minimum absolute atomic E-state index is 0.0984. The van der Waals surface area contributed by atoms with Gasteiger partial charge in [0.1, 0.15) is 24.0 Å². The van der Waals surface area contributed by atoms with E-state index in [1.807, 2.05) is 31.2 Å². The van der Waals surface area contributed by atoms with E-state index >= 15 is 0 Å². The molecule has 0 fully saturated rings. The average molecular weight is 426 g/mol. The summed E-state index contributed by atoms with van der Waals surface area (Å²) in [5, 5.41) is 14.1. The summed E-state index contributed by atoms with van der Waals surface area (Å²) in [6.45, 7) is 2.45. The van der Waals surface area contributed by atoms with E-state index < -0.39 is 0 Å². The molecule has 0 unspecified atom stereocenters. The Morgan fingerprint density at radius 2 is 1.90 bits per heavy atom. The normalized spacial score (nSPS) is 10.5. The van der Waals surface area contributed by atoms with Gasteiger partial charge in [-0.2, -0.15) is 0 Å². The summed E-state index contributed by atoms with van der Waals surface area (Å²) in [6, 6.07) is 14.9. The van der Waals surface area contributed by atoms with E-state index in [2.05, 4.69) is 20.8 Å². The highest BCUT2D eigenvalue weighted by atomic mass is 32.1. The SMILES string of the molecule is COc1ccc(NC(=O)c2nnc(COCC(=O)NCc3cccc(C)c3)s2)cc1. The van der Waals surface area contributed by atoms with Gasteiger partial charge in [0.05, 0.1) is 7.11 Å². The second-order valence-electron chi connectivity index (χ2n) is 6.44. The molecule has 0 radical (unpaired) electrons. The molecule has 1 heterocycles. The second-order valence-corrected chi connectivity index (χ2v) is 7.50. The summed E-state index contributed by atoms with van der Waals surface area (Å²) >= 11 is 1.12. The molecule has 156 valence electrons. The Kier molecular flexibility index (Phi) is 7.47. The molecular weight excluding hydrogens is 404 g/mol. The van der Waals surface area contributed by atoms with Crippen molar-refractivity contribution in [1.82, 2.24) is 15.5 Å². The first-order valence-electron chi connectivity index (χ1n) is 9.21. The molecular formula is C21H22N4O4S. The number of anilines is 1. The molecule has 0 bridgehead atoms. The van der Waals surface area contributed by atoms with Crippen LogP contribution in [0.2, 0.25) is 0 Å². The number of nitrogens with zero attached hydrogens (tertiary/aromatic N) is 2. The predicted molar refractivity (Wildman–Crippen MR) is 114 cm³/mol. The molecule has 0 aliphatic rings. The fourth-order valence-electron chi connectivity index (χ4n) is 2.57. The number of hydrogen-bond donors (Lipinski definition) is 2. The van der Waals surface area contributed by atoms with Gasteiger partial charge in [-0.15, -0.1) is 10.2 Å². The monoisotopic (exact) mass is 426 g/mol. The summed E-state index contributed by atoms with van der Waals surface area (Å²) in [7, 11) is 1.58. The molecule has 2 amide bonds. The van der Waals surface area contributed by atoms with Crippen molar-refractivity contribution in [1.29, 1.82) is 0 Å². The standard InChI is InChI=1S/C21H22N4O4S/c1-14-4-3-5-15(10-14)11-22-18(26)12-29-13-19-24-25-21(30-19)20(27)23-16-6-8-17(28-2)9-7-16/h3-10H,11-13H2,1-2H3,(H,22,26)(H,23,27). The molecule has 2 N–H and O–H groups in total. The first kappa shape index (κ1) is 21.4. The molecule has 0 spiro atoms. The molecule has 0 aliphatic carbocycles. The first-order valence-corrected chi connectivity index (χ1v) is 10.0. The van der Waals surface area contributed by atoms with Crippen molar-refractivity contribution in [3.8, 4) is 5.75 Å². The van der Waals surface area contributed by atoms with Crippen LogP contribution in [0.5, 0.6) is 5.75 Å². The predicted octanol–water partition coefficient (Wildman–Crippen LogP) is 2.94. The van der Waals surface area contributed by atoms with Gasteiger partial charge in [0.25, 0.3) is 5.91 Å². The Labute approximate surface area is 178 Å². The van der Waals surface area contributed by atoms with E-state index in [9.17, 15) is 9.59 Å². The van der Waals surface area contributed by atoms with Crippen LogP contribution in [-0.4, -0.2) is 35.7 Å². The number of benzene rings is 2. The number of aryl methyl sites for hydroxylation is 1. The Hall–Kier alpha value is -3.30. The van der Waals surface area contributed by atoms with Gasteiger partial charge in [-0.05, 0) is 36.8 Å². The van der Waals surface area contributed by atoms with Crippen molar-refractivity contribution in [2.45, 2.75) is 20.1 Å². The van der Waals surface area contributed by atoms with Crippen LogP contribution in [0.25, 0.3) is 0 Å². The maximum Gasteiger partial charge on any atom is 0.286 e. The molecule has 0 aliphatic heterocycles. The maximum absolute atomic E-state index is 12.3. The topological polar surface area (TPSA) is 102 Å². The Morgan fingerprint density at radius 3 is 2.63 bits per heavy atom. The van der Waals surface area contributed by atoms with Crippen molar-refractivity contribution in [2.24, 2.45) is 0 Å². The maximum atomic E-state index is 12.3. The van der Waals surface area contributed by atoms with Crippen molar-refractivity contribution >= 4 is 28.8 Å². The number of methoxy groups -OCH3 is 1. The molecule has 3 aromatic rings. The van der Waals surface area contributed by atoms with Crippen molar-refractivity contribution in [3.63, 3.8) is 0 Å². The molecule has 0 atom stereocenters. The fraction of sp³-hybridized carbons (Fsp3) is 0.238. The van der Waals surface area contributed by atoms with Crippen LogP contribution in [0, 0.1) is 6.92 Å². The lowest BCUT2D eigenvalue weighted by atomic mass is 10.1. The minimum atomic E-state index is -0.361. The van der Waals surface area contributed by atoms with Gasteiger partial charge in [-0.1, -0.05) is 41.2 Å². The smallest absolute Gasteiger partial charge is 0.286 e. The van der Waals surface area contributed by atoms with Crippen LogP contribution >= 0.6 is 11.3 Å². The van der Waals surface area contributed by atoms with Gasteiger partial charge >= 0.3 is 0 Å². The Balaban J connectivity index is 1.41. The van der Waals surface area contributed by atoms with Crippen molar-refractivity contribution in [3.05, 3.63) is 69.7 Å². The number of carbonyl (C=O) groups excluding carboxylic acids is 2. The lowest BCUT2D eigenvalue weighted by Crippen LogP contribution is -2.27. The zero-order valence-corrected chi connectivity index (χ0v) is 17.5. The Morgan fingerprint density at radius 1 is 1.10 bits per heavy atom. The third kappa shape index (κ3) is 6.36. The molecule has 3 rings (SSSR count). The highest BCUT2D eigenvalue weighted by Crippen LogP contribution is 2.17. The zero-order valence-electron chi connectivity index (χ0n) is 16.7. The van der Waals surface area contributed by atoms with Gasteiger partial charge in [-0.3, -0.25) is 9.59 Å². The molecule has 2 aromatic carbocycles. The number of carbonyl (C=O) groups is 2. The van der Waals surface area contributed by atoms with E-state index in [0.29, 0.717) is 23.0 Å². The van der Waals surface area contributed by atoms with Gasteiger partial charge in [0, 0.05) is 12.2 Å². The molecule has 1 aromatic heterocycles. The van der Waals surface area contributed by atoms with Crippen LogP contribution in [0.3, 0.4) is 0 Å². The van der Waals surface area contributed by atoms with Crippen LogP contribution in [0.4, 0.5) is 5.69 Å². The third-order valence-corrected chi connectivity index (χ3v) is 4.94. The van der Waals surface area contributed by atoms with Crippen LogP contribution in [0.15, 0.2) is 48.5 Å². The lowest BCUT2D eigenvalue weighted by Gasteiger charge is -2.06. The summed E-state index contributed by atoms with van der Waals surface area (Å²) in [5.74, 6) is 0.115. The summed E-state index contributed by atoms with van der Waals surface area (Å²) in [5.41, 5.74) is 2.79. The molecule has 0 saturated carbocycles. The summed E-state index contributed by atoms with van der Waals surface area (Å²) in [6.07, 6.45) is 0. The zero-order chi connectivity index (χ0) is 21.3. The summed E-state index contributed by atoms with van der Waals surface area (Å²) in [4.78, 5) is 24.2. The number of aromatic nitrogens is 2. The van der Waals surface area contributed by atoms with E-state index in [4.69, 9.17) is 9.47 Å². The molecule has 8 nitrogen and oxygen atoms in total. The summed E-state index contributed by atoms with van der Waals surface area (Å²) < 4.78 is 10.5. The largest absolute Gasteiger partial charge is 0.497 e. The highest BCUT2D eigenvalue weighted by Gasteiger charge is 2.14. The first-order chi connectivity index (χ1) is 14.5. The Bertz CT molecular complexity index is 1000. The van der Waals surface area contributed by atoms with Crippen LogP contribution < -0.4 is 15.4 Å².